The van der Waals surface area contributed by atoms with Crippen molar-refractivity contribution in [2.24, 2.45) is 0 Å². The summed E-state index contributed by atoms with van der Waals surface area (Å²) in [5.74, 6) is -4.73. The van der Waals surface area contributed by atoms with Crippen LogP contribution < -0.4 is 10.6 Å². The molecule has 4 nitrogen and oxygen atoms in total. The maximum absolute atomic E-state index is 13.7. The zero-order valence-electron chi connectivity index (χ0n) is 15.2. The molecule has 0 saturated carbocycles. The van der Waals surface area contributed by atoms with E-state index in [1.807, 2.05) is 10.6 Å². The van der Waals surface area contributed by atoms with Crippen molar-refractivity contribution in [2.45, 2.75) is 18.8 Å². The normalized spacial score (nSPS) is 11.7. The summed E-state index contributed by atoms with van der Waals surface area (Å²) < 4.78 is 104. The van der Waals surface area contributed by atoms with Gasteiger partial charge < -0.3 is 10.6 Å². The first-order valence-corrected chi connectivity index (χ1v) is 8.21. The van der Waals surface area contributed by atoms with Gasteiger partial charge in [0.1, 0.15) is 11.6 Å². The second-order valence-corrected chi connectivity index (χ2v) is 6.17. The van der Waals surface area contributed by atoms with Crippen molar-refractivity contribution < 1.29 is 44.7 Å². The molecule has 166 valence electrons. The van der Waals surface area contributed by atoms with Crippen molar-refractivity contribution in [3.05, 3.63) is 71.3 Å². The predicted octanol–water partition coefficient (Wildman–Crippen LogP) is 5.53. The largest absolute Gasteiger partial charge is 0.416 e. The number of hydrogen-bond acceptors (Lipinski definition) is 2. The summed E-state index contributed by atoms with van der Waals surface area (Å²) in [5, 5.41) is 3.65. The number of carbonyl (C=O) groups is 2. The first-order chi connectivity index (χ1) is 14.2. The Morgan fingerprint density at radius 3 is 1.61 bits per heavy atom. The van der Waals surface area contributed by atoms with Gasteiger partial charge in [-0.2, -0.15) is 26.3 Å². The van der Waals surface area contributed by atoms with Crippen LogP contribution in [0, 0.1) is 11.6 Å². The lowest BCUT2D eigenvalue weighted by atomic mass is 10.1. The van der Waals surface area contributed by atoms with E-state index in [9.17, 15) is 44.7 Å². The molecule has 31 heavy (non-hydrogen) atoms. The summed E-state index contributed by atoms with van der Waals surface area (Å²) in [6.45, 7) is 3.22. The van der Waals surface area contributed by atoms with Gasteiger partial charge in [-0.1, -0.05) is 6.58 Å². The minimum absolute atomic E-state index is 0.332. The number of hydrogen-bond donors (Lipinski definition) is 2. The van der Waals surface area contributed by atoms with Crippen molar-refractivity contribution in [2.75, 3.05) is 10.6 Å². The van der Waals surface area contributed by atoms with Gasteiger partial charge >= 0.3 is 12.4 Å². The Hall–Kier alpha value is -3.44. The van der Waals surface area contributed by atoms with E-state index < -0.39 is 70.3 Å². The van der Waals surface area contributed by atoms with Gasteiger partial charge in [0, 0.05) is 5.57 Å². The number of rotatable bonds is 5. The van der Waals surface area contributed by atoms with E-state index in [4.69, 9.17) is 0 Å². The van der Waals surface area contributed by atoms with Crippen LogP contribution in [0.25, 0.3) is 0 Å². The van der Waals surface area contributed by atoms with Crippen LogP contribution in [-0.4, -0.2) is 11.8 Å². The molecule has 0 unspecified atom stereocenters. The maximum atomic E-state index is 13.7. The number of benzene rings is 2. The van der Waals surface area contributed by atoms with Gasteiger partial charge in [-0.3, -0.25) is 9.59 Å². The van der Waals surface area contributed by atoms with Gasteiger partial charge in [0.05, 0.1) is 28.9 Å². The number of anilines is 2. The van der Waals surface area contributed by atoms with Crippen LogP contribution in [0.4, 0.5) is 46.5 Å². The van der Waals surface area contributed by atoms with Crippen LogP contribution in [0.1, 0.15) is 17.5 Å². The van der Waals surface area contributed by atoms with E-state index in [2.05, 4.69) is 6.58 Å². The summed E-state index contributed by atoms with van der Waals surface area (Å²) >= 11 is 0. The first kappa shape index (κ1) is 23.8. The second-order valence-electron chi connectivity index (χ2n) is 6.17. The lowest BCUT2D eigenvalue weighted by Gasteiger charge is -2.13. The summed E-state index contributed by atoms with van der Waals surface area (Å²) in [4.78, 5) is 23.9. The molecule has 0 aliphatic heterocycles. The van der Waals surface area contributed by atoms with Crippen LogP contribution in [0.15, 0.2) is 48.6 Å². The van der Waals surface area contributed by atoms with Crippen molar-refractivity contribution in [3.63, 3.8) is 0 Å². The molecule has 0 fully saturated rings. The molecule has 12 heteroatoms. The summed E-state index contributed by atoms with van der Waals surface area (Å²) in [5.41, 5.74) is -4.68. The SMILES string of the molecule is C=C(CC(=O)Nc1cc(C(F)(F)F)ccc1F)C(=O)Nc1cc(C(F)(F)F)ccc1F. The molecule has 0 aromatic heterocycles. The van der Waals surface area contributed by atoms with Crippen molar-refractivity contribution >= 4 is 23.2 Å². The van der Waals surface area contributed by atoms with Crippen LogP contribution >= 0.6 is 0 Å². The predicted molar refractivity (Wildman–Crippen MR) is 93.8 cm³/mol. The van der Waals surface area contributed by atoms with E-state index in [0.717, 1.165) is 0 Å². The molecule has 2 aromatic rings. The summed E-state index contributed by atoms with van der Waals surface area (Å²) in [6.07, 6.45) is -10.5. The van der Waals surface area contributed by atoms with Gasteiger partial charge in [-0.05, 0) is 36.4 Å². The monoisotopic (exact) mass is 452 g/mol. The van der Waals surface area contributed by atoms with Crippen molar-refractivity contribution in [1.82, 2.24) is 0 Å². The summed E-state index contributed by atoms with van der Waals surface area (Å²) in [6, 6.07) is 2.55. The lowest BCUT2D eigenvalue weighted by molar-refractivity contribution is -0.138. The number of nitrogens with one attached hydrogen (secondary N) is 2. The number of amides is 2. The highest BCUT2D eigenvalue weighted by Gasteiger charge is 2.32. The van der Waals surface area contributed by atoms with Gasteiger partial charge in [0.25, 0.3) is 5.91 Å². The zero-order chi connectivity index (χ0) is 23.6. The zero-order valence-corrected chi connectivity index (χ0v) is 15.2. The third-order valence-electron chi connectivity index (χ3n) is 3.80. The smallest absolute Gasteiger partial charge is 0.323 e. The lowest BCUT2D eigenvalue weighted by Crippen LogP contribution is -2.21. The third-order valence-corrected chi connectivity index (χ3v) is 3.80. The van der Waals surface area contributed by atoms with Crippen molar-refractivity contribution in [1.29, 1.82) is 0 Å². The summed E-state index contributed by atoms with van der Waals surface area (Å²) in [7, 11) is 0. The molecule has 0 bridgehead atoms. The highest BCUT2D eigenvalue weighted by Crippen LogP contribution is 2.33. The molecule has 0 spiro atoms. The second kappa shape index (κ2) is 8.74. The maximum Gasteiger partial charge on any atom is 0.416 e. The third kappa shape index (κ3) is 6.27. The fourth-order valence-corrected chi connectivity index (χ4v) is 2.27. The molecule has 0 atom stereocenters. The molecule has 2 N–H and O–H groups in total. The van der Waals surface area contributed by atoms with Crippen LogP contribution in [0.2, 0.25) is 0 Å². The van der Waals surface area contributed by atoms with E-state index in [-0.39, 0.29) is 0 Å². The molecule has 0 heterocycles. The van der Waals surface area contributed by atoms with Crippen LogP contribution in [0.5, 0.6) is 0 Å². The molecule has 2 rings (SSSR count). The molecule has 0 aliphatic rings. The Kier molecular flexibility index (Phi) is 6.72. The standard InChI is InChI=1S/C19H12F8N2O2/c1-9(17(31)29-15-8-11(19(25,26)27)3-5-13(15)21)6-16(30)28-14-7-10(18(22,23)24)2-4-12(14)20/h2-5,7-8H,1,6H2,(H,28,30)(H,29,31). The molecule has 0 saturated heterocycles. The van der Waals surface area contributed by atoms with Crippen molar-refractivity contribution in [3.8, 4) is 0 Å². The minimum atomic E-state index is -4.81. The van der Waals surface area contributed by atoms with Gasteiger partial charge in [-0.25, -0.2) is 8.78 Å². The van der Waals surface area contributed by atoms with E-state index in [0.29, 0.717) is 36.4 Å². The molecule has 0 radical (unpaired) electrons. The Labute approximate surface area is 169 Å². The number of halogens is 8. The molecular weight excluding hydrogens is 440 g/mol. The molecule has 2 amide bonds. The average Bonchev–Trinajstić information content (AvgIpc) is 2.63. The average molecular weight is 452 g/mol. The quantitative estimate of drug-likeness (QED) is 0.463. The highest BCUT2D eigenvalue weighted by molar-refractivity contribution is 6.08. The number of carbonyl (C=O) groups excluding carboxylic acids is 2. The van der Waals surface area contributed by atoms with E-state index >= 15 is 0 Å². The number of alkyl halides is 6. The molecule has 0 aliphatic carbocycles. The Morgan fingerprint density at radius 2 is 1.19 bits per heavy atom. The van der Waals surface area contributed by atoms with Gasteiger partial charge in [-0.15, -0.1) is 0 Å². The molecular formula is C19H12F8N2O2. The topological polar surface area (TPSA) is 58.2 Å². The van der Waals surface area contributed by atoms with Crippen LogP contribution in [-0.2, 0) is 21.9 Å². The molecule has 2 aromatic carbocycles. The fraction of sp³-hybridized carbons (Fsp3) is 0.158. The Morgan fingerprint density at radius 1 is 0.774 bits per heavy atom. The van der Waals surface area contributed by atoms with E-state index in [1.54, 1.807) is 0 Å². The highest BCUT2D eigenvalue weighted by atomic mass is 19.4. The fourth-order valence-electron chi connectivity index (χ4n) is 2.27. The van der Waals surface area contributed by atoms with E-state index in [1.165, 1.54) is 0 Å². The minimum Gasteiger partial charge on any atom is -0.323 e. The van der Waals surface area contributed by atoms with Gasteiger partial charge in [0.2, 0.25) is 5.91 Å². The van der Waals surface area contributed by atoms with Gasteiger partial charge in [0.15, 0.2) is 0 Å². The van der Waals surface area contributed by atoms with Crippen LogP contribution in [0.3, 0.4) is 0 Å². The Bertz CT molecular complexity index is 1030. The first-order valence-electron chi connectivity index (χ1n) is 8.21. The Balaban J connectivity index is 2.07.